The Morgan fingerprint density at radius 3 is 2.76 bits per heavy atom. The molecule has 0 radical (unpaired) electrons. The van der Waals surface area contributed by atoms with Crippen molar-refractivity contribution in [2.45, 2.75) is 12.8 Å². The number of hydrogen-bond donors (Lipinski definition) is 1. The van der Waals surface area contributed by atoms with Gasteiger partial charge in [-0.05, 0) is 11.5 Å². The molecule has 0 spiro atoms. The largest absolute Gasteiger partial charge is 0.351 e. The van der Waals surface area contributed by atoms with Crippen molar-refractivity contribution in [1.29, 1.82) is 0 Å². The third kappa shape index (κ3) is 2.93. The molecule has 0 aliphatic heterocycles. The van der Waals surface area contributed by atoms with E-state index in [0.717, 1.165) is 0 Å². The fourth-order valence-electron chi connectivity index (χ4n) is 1.57. The first-order chi connectivity index (χ1) is 8.27. The normalized spacial score (nSPS) is 12.1. The Kier molecular flexibility index (Phi) is 3.55. The maximum Gasteiger partial charge on any atom is 0.289 e. The number of carbonyl (C=O) groups excluding carboxylic acids is 1. The highest BCUT2D eigenvalue weighted by atomic mass is 16.5. The Morgan fingerprint density at radius 1 is 1.35 bits per heavy atom. The zero-order chi connectivity index (χ0) is 12.1. The number of rotatable bonds is 4. The number of aromatic nitrogens is 1. The lowest BCUT2D eigenvalue weighted by Crippen LogP contribution is -2.27. The van der Waals surface area contributed by atoms with E-state index in [0.29, 0.717) is 6.54 Å². The maximum absolute atomic E-state index is 11.6. The number of amides is 1. The minimum Gasteiger partial charge on any atom is -0.351 e. The molecule has 88 valence electrons. The van der Waals surface area contributed by atoms with Crippen LogP contribution in [-0.4, -0.2) is 17.6 Å². The predicted molar refractivity (Wildman–Crippen MR) is 63.7 cm³/mol. The summed E-state index contributed by atoms with van der Waals surface area (Å²) >= 11 is 0. The summed E-state index contributed by atoms with van der Waals surface area (Å²) in [5.41, 5.74) is 1.20. The molecule has 1 aromatic heterocycles. The molecule has 0 fully saturated rings. The Morgan fingerprint density at radius 2 is 2.12 bits per heavy atom. The smallest absolute Gasteiger partial charge is 0.289 e. The Bertz CT molecular complexity index is 465. The molecule has 0 aliphatic rings. The molecule has 17 heavy (non-hydrogen) atoms. The molecule has 1 heterocycles. The van der Waals surface area contributed by atoms with Crippen LogP contribution >= 0.6 is 0 Å². The van der Waals surface area contributed by atoms with Crippen LogP contribution in [0.4, 0.5) is 0 Å². The van der Waals surface area contributed by atoms with E-state index in [9.17, 15) is 4.79 Å². The molecule has 1 aromatic carbocycles. The molecule has 1 N–H and O–H groups in total. The van der Waals surface area contributed by atoms with Crippen LogP contribution < -0.4 is 5.32 Å². The van der Waals surface area contributed by atoms with Crippen molar-refractivity contribution in [3.8, 4) is 0 Å². The molecule has 2 aromatic rings. The topological polar surface area (TPSA) is 55.1 Å². The number of hydrogen-bond acceptors (Lipinski definition) is 3. The molecule has 2 rings (SSSR count). The van der Waals surface area contributed by atoms with E-state index >= 15 is 0 Å². The molecular formula is C13H14N2O2. The van der Waals surface area contributed by atoms with Gasteiger partial charge in [0, 0.05) is 12.6 Å². The van der Waals surface area contributed by atoms with Crippen LogP contribution in [0.1, 0.15) is 29.0 Å². The molecule has 4 heteroatoms. The third-order valence-corrected chi connectivity index (χ3v) is 2.60. The maximum atomic E-state index is 11.6. The number of nitrogens with one attached hydrogen (secondary N) is 1. The summed E-state index contributed by atoms with van der Waals surface area (Å²) < 4.78 is 4.77. The summed E-state index contributed by atoms with van der Waals surface area (Å²) in [5.74, 6) is 0.276. The molecule has 1 unspecified atom stereocenters. The van der Waals surface area contributed by atoms with Crippen molar-refractivity contribution >= 4 is 5.91 Å². The van der Waals surface area contributed by atoms with Crippen LogP contribution in [0, 0.1) is 0 Å². The van der Waals surface area contributed by atoms with E-state index in [1.54, 1.807) is 6.07 Å². The van der Waals surface area contributed by atoms with Gasteiger partial charge in [0.05, 0.1) is 6.20 Å². The highest BCUT2D eigenvalue weighted by molar-refractivity contribution is 5.91. The lowest BCUT2D eigenvalue weighted by Gasteiger charge is -2.11. The van der Waals surface area contributed by atoms with E-state index in [1.807, 2.05) is 30.3 Å². The molecule has 1 atom stereocenters. The highest BCUT2D eigenvalue weighted by Crippen LogP contribution is 2.13. The summed E-state index contributed by atoms with van der Waals surface area (Å²) in [6.07, 6.45) is 1.45. The molecule has 0 aliphatic carbocycles. The number of carbonyl (C=O) groups is 1. The van der Waals surface area contributed by atoms with Crippen LogP contribution in [0.2, 0.25) is 0 Å². The van der Waals surface area contributed by atoms with E-state index in [-0.39, 0.29) is 17.6 Å². The molecule has 1 amide bonds. The van der Waals surface area contributed by atoms with Crippen LogP contribution in [-0.2, 0) is 0 Å². The third-order valence-electron chi connectivity index (χ3n) is 2.60. The quantitative estimate of drug-likeness (QED) is 0.876. The van der Waals surface area contributed by atoms with Gasteiger partial charge in [-0.3, -0.25) is 4.79 Å². The van der Waals surface area contributed by atoms with Gasteiger partial charge in [0.15, 0.2) is 0 Å². The molecule has 0 saturated carbocycles. The number of nitrogens with zero attached hydrogens (tertiary/aromatic N) is 1. The molecule has 0 bridgehead atoms. The predicted octanol–water partition coefficient (Wildman–Crippen LogP) is 2.21. The van der Waals surface area contributed by atoms with Crippen LogP contribution in [0.5, 0.6) is 0 Å². The zero-order valence-corrected chi connectivity index (χ0v) is 9.59. The van der Waals surface area contributed by atoms with Gasteiger partial charge in [-0.2, -0.15) is 0 Å². The molecule has 4 nitrogen and oxygen atoms in total. The standard InChI is InChI=1S/C13H14N2O2/c1-10(11-5-3-2-4-6-11)9-14-13(16)12-7-8-15-17-12/h2-8,10H,9H2,1H3,(H,14,16). The van der Waals surface area contributed by atoms with Crippen LogP contribution in [0.25, 0.3) is 0 Å². The van der Waals surface area contributed by atoms with Crippen molar-refractivity contribution < 1.29 is 9.32 Å². The summed E-state index contributed by atoms with van der Waals surface area (Å²) in [6.45, 7) is 2.64. The minimum absolute atomic E-state index is 0.231. The van der Waals surface area contributed by atoms with E-state index in [2.05, 4.69) is 17.4 Å². The van der Waals surface area contributed by atoms with Gasteiger partial charge in [-0.1, -0.05) is 42.4 Å². The van der Waals surface area contributed by atoms with Crippen molar-refractivity contribution in [3.05, 3.63) is 53.9 Å². The summed E-state index contributed by atoms with van der Waals surface area (Å²) in [5, 5.41) is 6.30. The first-order valence-corrected chi connectivity index (χ1v) is 5.51. The van der Waals surface area contributed by atoms with Crippen LogP contribution in [0.3, 0.4) is 0 Å². The second-order valence-electron chi connectivity index (χ2n) is 3.90. The van der Waals surface area contributed by atoms with Gasteiger partial charge < -0.3 is 9.84 Å². The first-order valence-electron chi connectivity index (χ1n) is 5.51. The average Bonchev–Trinajstić information content (AvgIpc) is 2.90. The van der Waals surface area contributed by atoms with Crippen molar-refractivity contribution in [3.63, 3.8) is 0 Å². The average molecular weight is 230 g/mol. The van der Waals surface area contributed by atoms with E-state index < -0.39 is 0 Å². The highest BCUT2D eigenvalue weighted by Gasteiger charge is 2.11. The second-order valence-corrected chi connectivity index (χ2v) is 3.90. The fourth-order valence-corrected chi connectivity index (χ4v) is 1.57. The van der Waals surface area contributed by atoms with Crippen LogP contribution in [0.15, 0.2) is 47.1 Å². The second kappa shape index (κ2) is 5.30. The van der Waals surface area contributed by atoms with Gasteiger partial charge in [-0.25, -0.2) is 0 Å². The zero-order valence-electron chi connectivity index (χ0n) is 9.59. The van der Waals surface area contributed by atoms with E-state index in [1.165, 1.54) is 11.8 Å². The van der Waals surface area contributed by atoms with Crippen molar-refractivity contribution in [2.75, 3.05) is 6.54 Å². The lowest BCUT2D eigenvalue weighted by molar-refractivity contribution is 0.0915. The summed E-state index contributed by atoms with van der Waals surface area (Å²) in [7, 11) is 0. The Hall–Kier alpha value is -2.10. The Labute approximate surface area is 99.6 Å². The van der Waals surface area contributed by atoms with Gasteiger partial charge in [0.1, 0.15) is 0 Å². The van der Waals surface area contributed by atoms with Gasteiger partial charge in [0.25, 0.3) is 5.91 Å². The van der Waals surface area contributed by atoms with Crippen molar-refractivity contribution in [1.82, 2.24) is 10.5 Å². The monoisotopic (exact) mass is 230 g/mol. The number of benzene rings is 1. The van der Waals surface area contributed by atoms with Crippen molar-refractivity contribution in [2.24, 2.45) is 0 Å². The molecule has 0 saturated heterocycles. The van der Waals surface area contributed by atoms with Gasteiger partial charge >= 0.3 is 0 Å². The Balaban J connectivity index is 1.89. The van der Waals surface area contributed by atoms with E-state index in [4.69, 9.17) is 4.52 Å². The SMILES string of the molecule is CC(CNC(=O)c1ccno1)c1ccccc1. The summed E-state index contributed by atoms with van der Waals surface area (Å²) in [4.78, 5) is 11.6. The molecular weight excluding hydrogens is 216 g/mol. The minimum atomic E-state index is -0.231. The van der Waals surface area contributed by atoms with Gasteiger partial charge in [-0.15, -0.1) is 0 Å². The first kappa shape index (κ1) is 11.4. The lowest BCUT2D eigenvalue weighted by atomic mass is 10.0. The summed E-state index contributed by atoms with van der Waals surface area (Å²) in [6, 6.07) is 11.6. The fraction of sp³-hybridized carbons (Fsp3) is 0.231. The van der Waals surface area contributed by atoms with Gasteiger partial charge in [0.2, 0.25) is 5.76 Å².